The number of carbonyl (C=O) groups is 2. The van der Waals surface area contributed by atoms with Crippen molar-refractivity contribution in [3.8, 4) is 33.8 Å². The lowest BCUT2D eigenvalue weighted by Crippen LogP contribution is -2.35. The number of furan rings is 2. The SMILES string of the molecule is CCOC(=O)N(CCC1CCCO1)c1c(C(=O)c2ccc(F)nc2)oc2ncc(-c3cnn(C)n3)cc12.CNc1ccc(-c2nc(=O)n(CCC3CCCO3)c3c2oc2ncc(-c4cnn(C)n4)cc23)cn1. The first-order chi connectivity index (χ1) is 35.0. The van der Waals surface area contributed by atoms with E-state index in [0.29, 0.717) is 70.0 Å². The summed E-state index contributed by atoms with van der Waals surface area (Å²) in [5.41, 5.74) is 5.44. The van der Waals surface area contributed by atoms with Crippen molar-refractivity contribution in [3.05, 3.63) is 101 Å². The maximum atomic E-state index is 13.5. The third-order valence-electron chi connectivity index (χ3n) is 12.4. The van der Waals surface area contributed by atoms with Gasteiger partial charge in [0.05, 0.1) is 42.0 Å². The van der Waals surface area contributed by atoms with E-state index in [-0.39, 0.29) is 53.8 Å². The molecule has 0 saturated carbocycles. The van der Waals surface area contributed by atoms with Gasteiger partial charge < -0.3 is 28.4 Å². The Labute approximate surface area is 409 Å². The van der Waals surface area contributed by atoms with E-state index in [9.17, 15) is 18.8 Å². The normalized spacial score (nSPS) is 15.6. The van der Waals surface area contributed by atoms with Gasteiger partial charge in [0.2, 0.25) is 28.9 Å². The van der Waals surface area contributed by atoms with E-state index in [1.54, 1.807) is 69.7 Å². The zero-order valence-electron chi connectivity index (χ0n) is 39.8. The van der Waals surface area contributed by atoms with Crippen LogP contribution in [-0.4, -0.2) is 117 Å². The highest BCUT2D eigenvalue weighted by Gasteiger charge is 2.33. The second kappa shape index (κ2) is 20.6. The van der Waals surface area contributed by atoms with Gasteiger partial charge in [-0.1, -0.05) is 0 Å². The number of nitrogens with one attached hydrogen (secondary N) is 1. The Hall–Kier alpha value is -8.31. The number of rotatable bonds is 14. The van der Waals surface area contributed by atoms with Crippen molar-refractivity contribution in [2.45, 2.75) is 64.2 Å². The smallest absolute Gasteiger partial charge is 0.414 e. The van der Waals surface area contributed by atoms with Crippen LogP contribution in [0.4, 0.5) is 20.7 Å². The minimum Gasteiger partial charge on any atom is -0.449 e. The quantitative estimate of drug-likeness (QED) is 0.0856. The molecule has 9 aromatic heterocycles. The van der Waals surface area contributed by atoms with Crippen molar-refractivity contribution in [3.63, 3.8) is 0 Å². The second-order valence-electron chi connectivity index (χ2n) is 17.1. The minimum absolute atomic E-state index is 0.0104. The fourth-order valence-electron chi connectivity index (χ4n) is 8.84. The predicted molar refractivity (Wildman–Crippen MR) is 260 cm³/mol. The Balaban J connectivity index is 0.000000166. The van der Waals surface area contributed by atoms with E-state index >= 15 is 0 Å². The van der Waals surface area contributed by atoms with Crippen LogP contribution in [0.1, 0.15) is 61.6 Å². The third-order valence-corrected chi connectivity index (χ3v) is 12.4. The van der Waals surface area contributed by atoms with E-state index in [2.05, 4.69) is 50.6 Å². The first-order valence-electron chi connectivity index (χ1n) is 23.5. The van der Waals surface area contributed by atoms with Gasteiger partial charge in [-0.2, -0.15) is 39.4 Å². The fraction of sp³-hybridized carbons (Fsp3) is 0.347. The molecule has 72 heavy (non-hydrogen) atoms. The first-order valence-corrected chi connectivity index (χ1v) is 23.5. The monoisotopic (exact) mass is 980 g/mol. The van der Waals surface area contributed by atoms with Gasteiger partial charge in [0.25, 0.3) is 0 Å². The molecule has 1 N–H and O–H groups in total. The summed E-state index contributed by atoms with van der Waals surface area (Å²) in [6, 6.07) is 9.76. The molecular formula is C49H49FN14O8. The molecule has 9 aromatic rings. The van der Waals surface area contributed by atoms with Gasteiger partial charge in [-0.25, -0.2) is 29.5 Å². The van der Waals surface area contributed by atoms with Crippen LogP contribution >= 0.6 is 0 Å². The topological polar surface area (TPSA) is 251 Å². The minimum atomic E-state index is -0.721. The standard InChI is InChI=1S/C25H25FN6O5.C24H24N8O3/c1-3-35-25(34)32(9-8-17-5-4-10-36-17)21-18-11-16(19-14-29-31(2)30-19)13-28-24(18)37-23(21)22(33)15-6-7-20(26)27-12-15;1-25-19-6-5-14(11-26-19)20-22-21(32(24(33)29-20)8-7-16-4-3-9-34-16)17-10-15(12-27-23(17)35-22)18-13-28-31(2)30-18/h6-7,11-14,17H,3-5,8-10H2,1-2H3;5-6,10-13,16H,3-4,7-9H2,1-2H3,(H,25,26). The van der Waals surface area contributed by atoms with Gasteiger partial charge in [0.1, 0.15) is 34.1 Å². The maximum absolute atomic E-state index is 13.5. The van der Waals surface area contributed by atoms with Gasteiger partial charge in [-0.3, -0.25) is 14.3 Å². The Kier molecular flexibility index (Phi) is 13.5. The van der Waals surface area contributed by atoms with Crippen molar-refractivity contribution in [2.75, 3.05) is 43.6 Å². The molecule has 2 atom stereocenters. The van der Waals surface area contributed by atoms with Crippen LogP contribution in [0.2, 0.25) is 0 Å². The number of halogens is 1. The molecule has 0 aromatic carbocycles. The zero-order valence-corrected chi connectivity index (χ0v) is 39.8. The molecular weight excluding hydrogens is 932 g/mol. The first kappa shape index (κ1) is 47.4. The maximum Gasteiger partial charge on any atom is 0.414 e. The third kappa shape index (κ3) is 9.75. The predicted octanol–water partition coefficient (Wildman–Crippen LogP) is 6.93. The number of carbonyl (C=O) groups excluding carboxylic acids is 2. The lowest BCUT2D eigenvalue weighted by molar-refractivity contribution is 0.100. The molecule has 2 aliphatic heterocycles. The van der Waals surface area contributed by atoms with E-state index in [1.165, 1.54) is 20.6 Å². The van der Waals surface area contributed by atoms with E-state index in [0.717, 1.165) is 67.7 Å². The number of ether oxygens (including phenoxy) is 3. The number of aryl methyl sites for hydroxylation is 3. The van der Waals surface area contributed by atoms with Crippen molar-refractivity contribution in [1.82, 2.24) is 59.5 Å². The average Bonchev–Trinajstić information content (AvgIpc) is 4.28. The highest BCUT2D eigenvalue weighted by atomic mass is 19.1. The summed E-state index contributed by atoms with van der Waals surface area (Å²) in [5.74, 6) is -0.711. The fourth-order valence-corrected chi connectivity index (χ4v) is 8.84. The Morgan fingerprint density at radius 3 is 2.06 bits per heavy atom. The number of ketones is 1. The summed E-state index contributed by atoms with van der Waals surface area (Å²) >= 11 is 0. The zero-order chi connectivity index (χ0) is 49.9. The molecule has 2 aliphatic rings. The lowest BCUT2D eigenvalue weighted by Gasteiger charge is -2.23. The number of amides is 1. The number of nitrogens with zero attached hydrogens (tertiary/aromatic N) is 13. The van der Waals surface area contributed by atoms with Crippen LogP contribution in [-0.2, 0) is 34.9 Å². The Morgan fingerprint density at radius 2 is 1.47 bits per heavy atom. The van der Waals surface area contributed by atoms with Gasteiger partial charge in [-0.05, 0) is 81.8 Å². The molecule has 11 heterocycles. The number of hydrogen-bond acceptors (Lipinski definition) is 18. The molecule has 0 aliphatic carbocycles. The van der Waals surface area contributed by atoms with Gasteiger partial charge in [0.15, 0.2) is 5.58 Å². The molecule has 11 rings (SSSR count). The van der Waals surface area contributed by atoms with Crippen LogP contribution in [0.25, 0.3) is 67.1 Å². The number of pyridine rings is 4. The highest BCUT2D eigenvalue weighted by molar-refractivity contribution is 6.17. The van der Waals surface area contributed by atoms with Crippen molar-refractivity contribution >= 4 is 56.7 Å². The molecule has 0 bridgehead atoms. The van der Waals surface area contributed by atoms with Crippen LogP contribution in [0.5, 0.6) is 0 Å². The highest BCUT2D eigenvalue weighted by Crippen LogP contribution is 2.38. The second-order valence-corrected chi connectivity index (χ2v) is 17.1. The average molecular weight is 981 g/mol. The van der Waals surface area contributed by atoms with Gasteiger partial charge in [-0.15, -0.1) is 0 Å². The summed E-state index contributed by atoms with van der Waals surface area (Å²) in [5, 5.41) is 21.1. The number of aromatic nitrogens is 12. The summed E-state index contributed by atoms with van der Waals surface area (Å²) in [6.07, 6.45) is 13.9. The number of fused-ring (bicyclic) bond motifs is 4. The Bertz CT molecular complexity index is 3460. The number of anilines is 2. The molecule has 2 fully saturated rings. The van der Waals surface area contributed by atoms with Crippen LogP contribution < -0.4 is 15.9 Å². The van der Waals surface area contributed by atoms with Gasteiger partial charge >= 0.3 is 11.8 Å². The summed E-state index contributed by atoms with van der Waals surface area (Å²) in [6.45, 7) is 3.96. The van der Waals surface area contributed by atoms with E-state index in [1.807, 2.05) is 18.2 Å². The molecule has 2 saturated heterocycles. The molecule has 2 unspecified atom stereocenters. The van der Waals surface area contributed by atoms with Crippen molar-refractivity contribution in [2.24, 2.45) is 14.1 Å². The van der Waals surface area contributed by atoms with Crippen molar-refractivity contribution < 1.29 is 37.0 Å². The molecule has 22 nitrogen and oxygen atoms in total. The van der Waals surface area contributed by atoms with Gasteiger partial charge in [0, 0.05) is 94.5 Å². The Morgan fingerprint density at radius 1 is 0.806 bits per heavy atom. The largest absolute Gasteiger partial charge is 0.449 e. The molecule has 0 spiro atoms. The molecule has 0 radical (unpaired) electrons. The van der Waals surface area contributed by atoms with Crippen LogP contribution in [0, 0.1) is 5.95 Å². The number of hydrogen-bond donors (Lipinski definition) is 1. The summed E-state index contributed by atoms with van der Waals surface area (Å²) in [7, 11) is 5.25. The van der Waals surface area contributed by atoms with Crippen LogP contribution in [0.3, 0.4) is 0 Å². The van der Waals surface area contributed by atoms with Crippen molar-refractivity contribution in [1.29, 1.82) is 0 Å². The molecule has 23 heteroatoms. The molecule has 370 valence electrons. The van der Waals surface area contributed by atoms with E-state index < -0.39 is 17.8 Å². The van der Waals surface area contributed by atoms with E-state index in [4.69, 9.17) is 23.0 Å². The summed E-state index contributed by atoms with van der Waals surface area (Å²) < 4.78 is 44.1. The summed E-state index contributed by atoms with van der Waals surface area (Å²) in [4.78, 5) is 65.7. The molecule has 1 amide bonds. The lowest BCUT2D eigenvalue weighted by atomic mass is 10.1. The van der Waals surface area contributed by atoms with Crippen LogP contribution in [0.15, 0.2) is 87.2 Å².